The van der Waals surface area contributed by atoms with E-state index < -0.39 is 0 Å². The molecule has 2 rings (SSSR count). The molecule has 5 heteroatoms. The molecule has 1 N–H and O–H groups in total. The lowest BCUT2D eigenvalue weighted by Gasteiger charge is -2.25. The Balaban J connectivity index is 2.01. The minimum Gasteiger partial charge on any atom is -0.260 e. The first-order valence-electron chi connectivity index (χ1n) is 8.34. The van der Waals surface area contributed by atoms with E-state index in [2.05, 4.69) is 69.6 Å². The predicted octanol–water partition coefficient (Wildman–Crippen LogP) is 5.35. The van der Waals surface area contributed by atoms with E-state index >= 15 is 0 Å². The second-order valence-electron chi connectivity index (χ2n) is 6.34. The van der Waals surface area contributed by atoms with Gasteiger partial charge >= 0.3 is 0 Å². The average Bonchev–Trinajstić information content (AvgIpc) is 2.60. The van der Waals surface area contributed by atoms with Crippen molar-refractivity contribution in [3.05, 3.63) is 52.1 Å². The third-order valence-electron chi connectivity index (χ3n) is 4.55. The van der Waals surface area contributed by atoms with Crippen molar-refractivity contribution in [3.63, 3.8) is 0 Å². The highest BCUT2D eigenvalue weighted by molar-refractivity contribution is 9.10. The van der Waals surface area contributed by atoms with Gasteiger partial charge in [-0.25, -0.2) is 0 Å². The number of hydrogen-bond acceptors (Lipinski definition) is 4. The number of halogens is 1. The van der Waals surface area contributed by atoms with Gasteiger partial charge in [0.2, 0.25) is 0 Å². The fourth-order valence-corrected chi connectivity index (χ4v) is 2.91. The molecule has 0 saturated heterocycles. The van der Waals surface area contributed by atoms with Gasteiger partial charge in [0, 0.05) is 22.0 Å². The molecule has 0 unspecified atom stereocenters. The minimum absolute atomic E-state index is 0.0887. The molecule has 24 heavy (non-hydrogen) atoms. The standard InChI is InChI=1S/C19H25BrN4/c1-5-19(4,6-2)17-10-11-18(24-22-17)23-21-14(3)12-15-8-7-9-16(20)13-15/h7-11,13H,5-6,12H2,1-4H3,(H,23,24). The van der Waals surface area contributed by atoms with Crippen LogP contribution in [0.3, 0.4) is 0 Å². The largest absolute Gasteiger partial charge is 0.260 e. The predicted molar refractivity (Wildman–Crippen MR) is 105 cm³/mol. The van der Waals surface area contributed by atoms with Gasteiger partial charge in [0.15, 0.2) is 5.82 Å². The highest BCUT2D eigenvalue weighted by atomic mass is 79.9. The summed E-state index contributed by atoms with van der Waals surface area (Å²) in [5, 5.41) is 13.0. The Labute approximate surface area is 152 Å². The van der Waals surface area contributed by atoms with Crippen LogP contribution >= 0.6 is 15.9 Å². The molecule has 4 nitrogen and oxygen atoms in total. The summed E-state index contributed by atoms with van der Waals surface area (Å²) in [6, 6.07) is 12.2. The quantitative estimate of drug-likeness (QED) is 0.513. The Bertz CT molecular complexity index is 691. The molecule has 1 aromatic carbocycles. The maximum Gasteiger partial charge on any atom is 0.168 e. The highest BCUT2D eigenvalue weighted by Gasteiger charge is 2.24. The summed E-state index contributed by atoms with van der Waals surface area (Å²) in [7, 11) is 0. The normalized spacial score (nSPS) is 12.3. The monoisotopic (exact) mass is 388 g/mol. The van der Waals surface area contributed by atoms with Crippen LogP contribution in [0, 0.1) is 0 Å². The van der Waals surface area contributed by atoms with Crippen LogP contribution in [0.1, 0.15) is 51.8 Å². The molecule has 1 aromatic heterocycles. The molecule has 0 aliphatic heterocycles. The molecule has 0 spiro atoms. The maximum atomic E-state index is 4.40. The summed E-state index contributed by atoms with van der Waals surface area (Å²) in [6.07, 6.45) is 2.89. The third-order valence-corrected chi connectivity index (χ3v) is 5.05. The Morgan fingerprint density at radius 2 is 1.92 bits per heavy atom. The van der Waals surface area contributed by atoms with E-state index in [0.29, 0.717) is 5.82 Å². The van der Waals surface area contributed by atoms with Crippen molar-refractivity contribution in [2.75, 3.05) is 5.43 Å². The van der Waals surface area contributed by atoms with Gasteiger partial charge in [0.05, 0.1) is 5.69 Å². The van der Waals surface area contributed by atoms with E-state index in [0.717, 1.165) is 35.1 Å². The average molecular weight is 389 g/mol. The van der Waals surface area contributed by atoms with Gasteiger partial charge in [-0.05, 0) is 49.6 Å². The zero-order chi connectivity index (χ0) is 17.6. The molecule has 0 atom stereocenters. The van der Waals surface area contributed by atoms with E-state index in [-0.39, 0.29) is 5.41 Å². The molecule has 0 fully saturated rings. The molecule has 0 amide bonds. The lowest BCUT2D eigenvalue weighted by Crippen LogP contribution is -2.21. The molecule has 0 radical (unpaired) electrons. The van der Waals surface area contributed by atoms with Crippen molar-refractivity contribution in [2.45, 2.75) is 52.4 Å². The number of hydrazone groups is 1. The molecule has 128 valence electrons. The lowest BCUT2D eigenvalue weighted by molar-refractivity contribution is 0.421. The molecule has 0 bridgehead atoms. The Morgan fingerprint density at radius 3 is 2.50 bits per heavy atom. The number of nitrogens with zero attached hydrogens (tertiary/aromatic N) is 3. The summed E-state index contributed by atoms with van der Waals surface area (Å²) in [5.41, 5.74) is 6.33. The van der Waals surface area contributed by atoms with Crippen molar-refractivity contribution >= 4 is 27.5 Å². The van der Waals surface area contributed by atoms with Gasteiger partial charge in [-0.3, -0.25) is 5.43 Å². The van der Waals surface area contributed by atoms with Crippen molar-refractivity contribution in [2.24, 2.45) is 5.10 Å². The topological polar surface area (TPSA) is 50.2 Å². The van der Waals surface area contributed by atoms with E-state index in [9.17, 15) is 0 Å². The summed E-state index contributed by atoms with van der Waals surface area (Å²) < 4.78 is 1.08. The van der Waals surface area contributed by atoms with Crippen LogP contribution in [0.4, 0.5) is 5.82 Å². The van der Waals surface area contributed by atoms with Gasteiger partial charge in [-0.1, -0.05) is 48.8 Å². The van der Waals surface area contributed by atoms with Crippen molar-refractivity contribution < 1.29 is 0 Å². The number of nitrogens with one attached hydrogen (secondary N) is 1. The number of aromatic nitrogens is 2. The van der Waals surface area contributed by atoms with Crippen LogP contribution in [-0.4, -0.2) is 15.9 Å². The number of rotatable bonds is 7. The number of hydrogen-bond donors (Lipinski definition) is 1. The molecule has 0 aliphatic rings. The van der Waals surface area contributed by atoms with E-state index in [1.54, 1.807) is 0 Å². The van der Waals surface area contributed by atoms with Crippen molar-refractivity contribution in [1.29, 1.82) is 0 Å². The lowest BCUT2D eigenvalue weighted by atomic mass is 9.81. The molecule has 1 heterocycles. The first-order chi connectivity index (χ1) is 11.5. The minimum atomic E-state index is 0.0887. The fraction of sp³-hybridized carbons (Fsp3) is 0.421. The second-order valence-corrected chi connectivity index (χ2v) is 7.25. The van der Waals surface area contributed by atoms with Crippen molar-refractivity contribution in [1.82, 2.24) is 10.2 Å². The number of anilines is 1. The summed E-state index contributed by atoms with van der Waals surface area (Å²) in [6.45, 7) is 8.60. The van der Waals surface area contributed by atoms with Gasteiger partial charge in [-0.15, -0.1) is 5.10 Å². The van der Waals surface area contributed by atoms with Crippen LogP contribution in [0.5, 0.6) is 0 Å². The summed E-state index contributed by atoms with van der Waals surface area (Å²) in [4.78, 5) is 0. The van der Waals surface area contributed by atoms with E-state index in [1.807, 2.05) is 31.2 Å². The first-order valence-corrected chi connectivity index (χ1v) is 9.14. The Kier molecular flexibility index (Phi) is 6.49. The molecular formula is C19H25BrN4. The van der Waals surface area contributed by atoms with E-state index in [4.69, 9.17) is 0 Å². The first kappa shape index (κ1) is 18.6. The van der Waals surface area contributed by atoms with E-state index in [1.165, 1.54) is 5.56 Å². The van der Waals surface area contributed by atoms with Crippen LogP contribution in [0.25, 0.3) is 0 Å². The molecular weight excluding hydrogens is 364 g/mol. The summed E-state index contributed by atoms with van der Waals surface area (Å²) in [5.74, 6) is 0.668. The molecule has 0 aliphatic carbocycles. The highest BCUT2D eigenvalue weighted by Crippen LogP contribution is 2.29. The van der Waals surface area contributed by atoms with Gasteiger partial charge in [0.25, 0.3) is 0 Å². The Morgan fingerprint density at radius 1 is 1.17 bits per heavy atom. The molecule has 0 saturated carbocycles. The third kappa shape index (κ3) is 4.87. The second kappa shape index (κ2) is 8.38. The van der Waals surface area contributed by atoms with Gasteiger partial charge in [0.1, 0.15) is 0 Å². The van der Waals surface area contributed by atoms with Crippen LogP contribution in [-0.2, 0) is 11.8 Å². The van der Waals surface area contributed by atoms with Gasteiger partial charge < -0.3 is 0 Å². The SMILES string of the molecule is CCC(C)(CC)c1ccc(NN=C(C)Cc2cccc(Br)c2)nn1. The van der Waals surface area contributed by atoms with Crippen LogP contribution < -0.4 is 5.43 Å². The van der Waals surface area contributed by atoms with Crippen LogP contribution in [0.2, 0.25) is 0 Å². The Hall–Kier alpha value is -1.75. The van der Waals surface area contributed by atoms with Crippen molar-refractivity contribution in [3.8, 4) is 0 Å². The maximum absolute atomic E-state index is 4.40. The smallest absolute Gasteiger partial charge is 0.168 e. The fourth-order valence-electron chi connectivity index (χ4n) is 2.46. The van der Waals surface area contributed by atoms with Crippen LogP contribution in [0.15, 0.2) is 46.0 Å². The molecule has 2 aromatic rings. The summed E-state index contributed by atoms with van der Waals surface area (Å²) >= 11 is 3.49. The van der Waals surface area contributed by atoms with Gasteiger partial charge in [-0.2, -0.15) is 10.2 Å². The zero-order valence-corrected chi connectivity index (χ0v) is 16.4. The zero-order valence-electron chi connectivity index (χ0n) is 14.8. The number of benzene rings is 1.